The number of nitrogens with two attached hydrogens (primary N) is 1. The van der Waals surface area contributed by atoms with Gasteiger partial charge < -0.3 is 5.73 Å². The molecule has 1 atom stereocenters. The van der Waals surface area contributed by atoms with Gasteiger partial charge in [0, 0.05) is 32.4 Å². The molecule has 6 heteroatoms. The van der Waals surface area contributed by atoms with Gasteiger partial charge >= 0.3 is 0 Å². The molecular weight excluding hydrogens is 274 g/mol. The van der Waals surface area contributed by atoms with Crippen LogP contribution in [0.1, 0.15) is 25.3 Å². The van der Waals surface area contributed by atoms with Crippen LogP contribution in [0, 0.1) is 5.92 Å². The molecule has 0 amide bonds. The first-order valence-electron chi connectivity index (χ1n) is 6.96. The summed E-state index contributed by atoms with van der Waals surface area (Å²) < 4.78 is 28.1. The van der Waals surface area contributed by atoms with Crippen LogP contribution in [-0.4, -0.2) is 37.2 Å². The van der Waals surface area contributed by atoms with Gasteiger partial charge in [-0.25, -0.2) is 0 Å². The van der Waals surface area contributed by atoms with Crippen LogP contribution in [0.2, 0.25) is 0 Å². The zero-order valence-electron chi connectivity index (χ0n) is 12.1. The summed E-state index contributed by atoms with van der Waals surface area (Å²) in [6.45, 7) is 3.62. The fourth-order valence-electron chi connectivity index (χ4n) is 2.55. The lowest BCUT2D eigenvalue weighted by Gasteiger charge is -2.33. The van der Waals surface area contributed by atoms with Crippen molar-refractivity contribution < 1.29 is 8.42 Å². The van der Waals surface area contributed by atoms with E-state index in [1.165, 1.54) is 4.31 Å². The third-order valence-electron chi connectivity index (χ3n) is 3.79. The van der Waals surface area contributed by atoms with Gasteiger partial charge in [-0.1, -0.05) is 25.1 Å². The molecule has 0 aliphatic carbocycles. The van der Waals surface area contributed by atoms with Crippen molar-refractivity contribution in [2.24, 2.45) is 5.92 Å². The average Bonchev–Trinajstić information content (AvgIpc) is 2.41. The topological polar surface area (TPSA) is 66.6 Å². The van der Waals surface area contributed by atoms with Crippen LogP contribution in [0.3, 0.4) is 0 Å². The van der Waals surface area contributed by atoms with Gasteiger partial charge in [0.15, 0.2) is 0 Å². The third kappa shape index (κ3) is 3.31. The van der Waals surface area contributed by atoms with E-state index in [4.69, 9.17) is 5.73 Å². The second-order valence-corrected chi connectivity index (χ2v) is 7.60. The highest BCUT2D eigenvalue weighted by Crippen LogP contribution is 2.22. The van der Waals surface area contributed by atoms with E-state index in [0.717, 1.165) is 18.4 Å². The minimum atomic E-state index is -3.40. The standard InChI is InChI=1S/C14H23N3O2S/c1-12-6-5-9-17(10-12)20(18,19)16(2)11-13-7-3-4-8-14(13)15/h3-4,7-8,12H,5-6,9-11,15H2,1-2H3. The van der Waals surface area contributed by atoms with Gasteiger partial charge in [-0.3, -0.25) is 0 Å². The minimum absolute atomic E-state index is 0.305. The van der Waals surface area contributed by atoms with Crippen LogP contribution in [0.15, 0.2) is 24.3 Å². The third-order valence-corrected chi connectivity index (χ3v) is 5.69. The highest BCUT2D eigenvalue weighted by atomic mass is 32.2. The molecular formula is C14H23N3O2S. The summed E-state index contributed by atoms with van der Waals surface area (Å²) in [6.07, 6.45) is 2.03. The molecule has 2 rings (SSSR count). The van der Waals surface area contributed by atoms with Gasteiger partial charge in [-0.2, -0.15) is 17.0 Å². The molecule has 1 heterocycles. The Morgan fingerprint density at radius 3 is 2.75 bits per heavy atom. The number of para-hydroxylation sites is 1. The van der Waals surface area contributed by atoms with Crippen LogP contribution in [0.5, 0.6) is 0 Å². The van der Waals surface area contributed by atoms with Crippen molar-refractivity contribution in [1.82, 2.24) is 8.61 Å². The lowest BCUT2D eigenvalue weighted by molar-refractivity contribution is 0.263. The summed E-state index contributed by atoms with van der Waals surface area (Å²) in [5.74, 6) is 0.425. The van der Waals surface area contributed by atoms with Crippen molar-refractivity contribution in [3.05, 3.63) is 29.8 Å². The van der Waals surface area contributed by atoms with E-state index < -0.39 is 10.2 Å². The number of rotatable bonds is 4. The first-order chi connectivity index (χ1) is 9.41. The van der Waals surface area contributed by atoms with E-state index >= 15 is 0 Å². The Labute approximate surface area is 121 Å². The number of nitrogens with zero attached hydrogens (tertiary/aromatic N) is 2. The summed E-state index contributed by atoms with van der Waals surface area (Å²) in [6, 6.07) is 7.37. The molecule has 2 N–H and O–H groups in total. The highest BCUT2D eigenvalue weighted by Gasteiger charge is 2.30. The van der Waals surface area contributed by atoms with Crippen LogP contribution in [0.25, 0.3) is 0 Å². The predicted molar refractivity (Wildman–Crippen MR) is 81.2 cm³/mol. The monoisotopic (exact) mass is 297 g/mol. The molecule has 0 spiro atoms. The van der Waals surface area contributed by atoms with Crippen LogP contribution >= 0.6 is 0 Å². The van der Waals surface area contributed by atoms with Gasteiger partial charge in [-0.05, 0) is 30.4 Å². The smallest absolute Gasteiger partial charge is 0.282 e. The first kappa shape index (κ1) is 15.3. The summed E-state index contributed by atoms with van der Waals surface area (Å²) in [7, 11) is -1.79. The Hall–Kier alpha value is -1.11. The van der Waals surface area contributed by atoms with Crippen molar-refractivity contribution in [2.75, 3.05) is 25.9 Å². The molecule has 0 bridgehead atoms. The number of hydrogen-bond donors (Lipinski definition) is 1. The second kappa shape index (κ2) is 6.11. The number of nitrogen functional groups attached to an aromatic ring is 1. The quantitative estimate of drug-likeness (QED) is 0.860. The molecule has 0 aromatic heterocycles. The normalized spacial score (nSPS) is 21.2. The fraction of sp³-hybridized carbons (Fsp3) is 0.571. The summed E-state index contributed by atoms with van der Waals surface area (Å²) in [5, 5.41) is 0. The van der Waals surface area contributed by atoms with Crippen LogP contribution in [-0.2, 0) is 16.8 Å². The molecule has 1 aliphatic heterocycles. The van der Waals surface area contributed by atoms with E-state index in [2.05, 4.69) is 6.92 Å². The zero-order valence-corrected chi connectivity index (χ0v) is 12.9. The summed E-state index contributed by atoms with van der Waals surface area (Å²) in [5.41, 5.74) is 7.34. The number of piperidine rings is 1. The second-order valence-electron chi connectivity index (χ2n) is 5.57. The van der Waals surface area contributed by atoms with E-state index in [-0.39, 0.29) is 0 Å². The first-order valence-corrected chi connectivity index (χ1v) is 8.35. The van der Waals surface area contributed by atoms with Gasteiger partial charge in [0.25, 0.3) is 10.2 Å². The zero-order chi connectivity index (χ0) is 14.8. The molecule has 20 heavy (non-hydrogen) atoms. The van der Waals surface area contributed by atoms with Crippen molar-refractivity contribution >= 4 is 15.9 Å². The van der Waals surface area contributed by atoms with Gasteiger partial charge in [-0.15, -0.1) is 0 Å². The van der Waals surface area contributed by atoms with E-state index in [1.807, 2.05) is 18.2 Å². The molecule has 112 valence electrons. The predicted octanol–water partition coefficient (Wildman–Crippen LogP) is 1.68. The summed E-state index contributed by atoms with van der Waals surface area (Å²) >= 11 is 0. The molecule has 0 saturated carbocycles. The lowest BCUT2D eigenvalue weighted by atomic mass is 10.0. The maximum Gasteiger partial charge on any atom is 0.282 e. The van der Waals surface area contributed by atoms with Crippen molar-refractivity contribution in [3.63, 3.8) is 0 Å². The number of hydrogen-bond acceptors (Lipinski definition) is 3. The Morgan fingerprint density at radius 2 is 2.10 bits per heavy atom. The molecule has 1 saturated heterocycles. The maximum absolute atomic E-state index is 12.6. The Balaban J connectivity index is 2.11. The van der Waals surface area contributed by atoms with Gasteiger partial charge in [0.05, 0.1) is 0 Å². The fourth-order valence-corrected chi connectivity index (χ4v) is 4.05. The van der Waals surface area contributed by atoms with E-state index in [0.29, 0.717) is 31.2 Å². The SMILES string of the molecule is CC1CCCN(S(=O)(=O)N(C)Cc2ccccc2N)C1. The number of benzene rings is 1. The largest absolute Gasteiger partial charge is 0.398 e. The Morgan fingerprint density at radius 1 is 1.40 bits per heavy atom. The molecule has 1 fully saturated rings. The maximum atomic E-state index is 12.6. The summed E-state index contributed by atoms with van der Waals surface area (Å²) in [4.78, 5) is 0. The molecule has 1 aromatic rings. The molecule has 1 aliphatic rings. The van der Waals surface area contributed by atoms with Gasteiger partial charge in [0.2, 0.25) is 0 Å². The Bertz CT molecular complexity index is 559. The molecule has 1 unspecified atom stereocenters. The van der Waals surface area contributed by atoms with Crippen LogP contribution < -0.4 is 5.73 Å². The molecule has 0 radical (unpaired) electrons. The lowest BCUT2D eigenvalue weighted by Crippen LogP contribution is -2.46. The van der Waals surface area contributed by atoms with E-state index in [1.54, 1.807) is 17.4 Å². The van der Waals surface area contributed by atoms with Gasteiger partial charge in [0.1, 0.15) is 0 Å². The van der Waals surface area contributed by atoms with Crippen molar-refractivity contribution in [1.29, 1.82) is 0 Å². The molecule has 5 nitrogen and oxygen atoms in total. The Kier molecular flexibility index (Phi) is 4.67. The van der Waals surface area contributed by atoms with Crippen LogP contribution in [0.4, 0.5) is 5.69 Å². The minimum Gasteiger partial charge on any atom is -0.398 e. The van der Waals surface area contributed by atoms with Crippen molar-refractivity contribution in [3.8, 4) is 0 Å². The molecule has 1 aromatic carbocycles. The number of anilines is 1. The van der Waals surface area contributed by atoms with Crippen molar-refractivity contribution in [2.45, 2.75) is 26.3 Å². The highest BCUT2D eigenvalue weighted by molar-refractivity contribution is 7.86. The average molecular weight is 297 g/mol. The van der Waals surface area contributed by atoms with E-state index in [9.17, 15) is 8.42 Å².